The number of carboxylic acid groups (broad SMARTS) is 1. The fraction of sp³-hybridized carbons (Fsp3) is 0.647. The second kappa shape index (κ2) is 6.15. The lowest BCUT2D eigenvalue weighted by Gasteiger charge is -2.21. The third-order valence-corrected chi connectivity index (χ3v) is 5.27. The summed E-state index contributed by atoms with van der Waals surface area (Å²) in [7, 11) is 0. The summed E-state index contributed by atoms with van der Waals surface area (Å²) in [6.45, 7) is 2.44. The summed E-state index contributed by atoms with van der Waals surface area (Å²) in [6.07, 6.45) is 6.89. The van der Waals surface area contributed by atoms with Gasteiger partial charge in [-0.1, -0.05) is 13.3 Å². The largest absolute Gasteiger partial charge is 0.478 e. The highest BCUT2D eigenvalue weighted by Gasteiger charge is 2.38. The van der Waals surface area contributed by atoms with Crippen LogP contribution in [0.3, 0.4) is 0 Å². The molecule has 3 atom stereocenters. The molecule has 1 aromatic rings. The molecule has 22 heavy (non-hydrogen) atoms. The summed E-state index contributed by atoms with van der Waals surface area (Å²) in [6, 6.07) is 1.33. The minimum atomic E-state index is -1.05. The summed E-state index contributed by atoms with van der Waals surface area (Å²) in [4.78, 5) is 23.2. The van der Waals surface area contributed by atoms with Crippen molar-refractivity contribution in [3.8, 4) is 0 Å². The smallest absolute Gasteiger partial charge is 0.339 e. The van der Waals surface area contributed by atoms with Crippen LogP contribution in [0.15, 0.2) is 10.5 Å². The Morgan fingerprint density at radius 3 is 2.73 bits per heavy atom. The van der Waals surface area contributed by atoms with Gasteiger partial charge in [0, 0.05) is 19.0 Å². The monoisotopic (exact) mass is 305 g/mol. The van der Waals surface area contributed by atoms with E-state index in [4.69, 9.17) is 9.52 Å². The van der Waals surface area contributed by atoms with E-state index < -0.39 is 5.97 Å². The lowest BCUT2D eigenvalue weighted by molar-refractivity contribution is 0.0694. The highest BCUT2D eigenvalue weighted by molar-refractivity contribution is 5.96. The summed E-state index contributed by atoms with van der Waals surface area (Å²) in [5.74, 6) is 1.60. The summed E-state index contributed by atoms with van der Waals surface area (Å²) in [5, 5.41) is 11.9. The topological polar surface area (TPSA) is 79.5 Å². The molecule has 5 heteroatoms. The van der Waals surface area contributed by atoms with Crippen LogP contribution in [0, 0.1) is 17.8 Å². The number of carboxylic acids is 1. The van der Waals surface area contributed by atoms with E-state index in [0.29, 0.717) is 18.7 Å². The van der Waals surface area contributed by atoms with E-state index in [1.807, 2.05) is 6.92 Å². The number of furan rings is 1. The molecule has 120 valence electrons. The zero-order chi connectivity index (χ0) is 15.7. The maximum Gasteiger partial charge on any atom is 0.339 e. The zero-order valence-corrected chi connectivity index (χ0v) is 12.9. The Balaban J connectivity index is 1.52. The molecule has 3 unspecified atom stereocenters. The molecule has 0 spiro atoms. The van der Waals surface area contributed by atoms with Gasteiger partial charge in [-0.25, -0.2) is 4.79 Å². The number of fused-ring (bicyclic) bond motifs is 2. The van der Waals surface area contributed by atoms with Crippen LogP contribution in [-0.4, -0.2) is 23.5 Å². The molecule has 3 rings (SSSR count). The van der Waals surface area contributed by atoms with Crippen LogP contribution in [0.5, 0.6) is 0 Å². The molecule has 0 saturated heterocycles. The molecule has 0 aromatic carbocycles. The van der Waals surface area contributed by atoms with Crippen LogP contribution in [-0.2, 0) is 6.42 Å². The summed E-state index contributed by atoms with van der Waals surface area (Å²) in [5.41, 5.74) is 0.0840. The molecule has 2 fully saturated rings. The van der Waals surface area contributed by atoms with E-state index in [-0.39, 0.29) is 17.2 Å². The standard InChI is InChI=1S/C17H23NO4/c1-2-14-13(17(20)21)9-15(22-14)16(19)18-6-5-12-8-10-3-4-11(12)7-10/h9-12H,2-8H2,1H3,(H,18,19)(H,20,21). The van der Waals surface area contributed by atoms with Gasteiger partial charge in [-0.2, -0.15) is 0 Å². The first-order valence-corrected chi connectivity index (χ1v) is 8.22. The predicted octanol–water partition coefficient (Wildman–Crippen LogP) is 3.10. The van der Waals surface area contributed by atoms with Gasteiger partial charge in [0.05, 0.1) is 0 Å². The number of carbonyl (C=O) groups is 2. The number of hydrogen-bond acceptors (Lipinski definition) is 3. The number of hydrogen-bond donors (Lipinski definition) is 2. The molecule has 0 aliphatic heterocycles. The van der Waals surface area contributed by atoms with Crippen LogP contribution < -0.4 is 5.32 Å². The Labute approximate surface area is 130 Å². The molecule has 0 radical (unpaired) electrons. The van der Waals surface area contributed by atoms with E-state index in [1.54, 1.807) is 0 Å². The van der Waals surface area contributed by atoms with Crippen molar-refractivity contribution < 1.29 is 19.1 Å². The minimum Gasteiger partial charge on any atom is -0.478 e. The van der Waals surface area contributed by atoms with Crippen LogP contribution in [0.4, 0.5) is 0 Å². The highest BCUT2D eigenvalue weighted by Crippen LogP contribution is 2.49. The third-order valence-electron chi connectivity index (χ3n) is 5.27. The van der Waals surface area contributed by atoms with Gasteiger partial charge < -0.3 is 14.8 Å². The van der Waals surface area contributed by atoms with Gasteiger partial charge in [-0.3, -0.25) is 4.79 Å². The van der Waals surface area contributed by atoms with Crippen molar-refractivity contribution in [1.29, 1.82) is 0 Å². The number of rotatable bonds is 6. The molecule has 1 aromatic heterocycles. The van der Waals surface area contributed by atoms with Crippen LogP contribution in [0.1, 0.15) is 65.7 Å². The number of aromatic carboxylic acids is 1. The Morgan fingerprint density at radius 2 is 2.18 bits per heavy atom. The molecule has 1 heterocycles. The van der Waals surface area contributed by atoms with Gasteiger partial charge in [-0.05, 0) is 43.4 Å². The number of carbonyl (C=O) groups excluding carboxylic acids is 1. The van der Waals surface area contributed by atoms with Gasteiger partial charge in [-0.15, -0.1) is 0 Å². The number of amides is 1. The van der Waals surface area contributed by atoms with Crippen molar-refractivity contribution in [2.24, 2.45) is 17.8 Å². The van der Waals surface area contributed by atoms with Gasteiger partial charge in [0.1, 0.15) is 11.3 Å². The maximum atomic E-state index is 12.1. The first kappa shape index (κ1) is 15.1. The van der Waals surface area contributed by atoms with E-state index >= 15 is 0 Å². The lowest BCUT2D eigenvalue weighted by atomic mass is 9.86. The summed E-state index contributed by atoms with van der Waals surface area (Å²) < 4.78 is 5.37. The van der Waals surface area contributed by atoms with Crippen LogP contribution >= 0.6 is 0 Å². The Kier molecular flexibility index (Phi) is 4.23. The number of aryl methyl sites for hydroxylation is 1. The quantitative estimate of drug-likeness (QED) is 0.846. The molecule has 2 N–H and O–H groups in total. The molecular weight excluding hydrogens is 282 g/mol. The first-order chi connectivity index (χ1) is 10.6. The van der Waals surface area contributed by atoms with Crippen LogP contribution in [0.2, 0.25) is 0 Å². The molecule has 2 saturated carbocycles. The second-order valence-electron chi connectivity index (χ2n) is 6.59. The SMILES string of the molecule is CCc1oc(C(=O)NCCC2CC3CCC2C3)cc1C(=O)O. The Morgan fingerprint density at radius 1 is 1.36 bits per heavy atom. The van der Waals surface area contributed by atoms with Crippen LogP contribution in [0.25, 0.3) is 0 Å². The molecular formula is C17H23NO4. The molecule has 2 aliphatic carbocycles. The molecule has 5 nitrogen and oxygen atoms in total. The molecule has 2 bridgehead atoms. The first-order valence-electron chi connectivity index (χ1n) is 8.22. The van der Waals surface area contributed by atoms with Gasteiger partial charge >= 0.3 is 5.97 Å². The molecule has 1 amide bonds. The van der Waals surface area contributed by atoms with Crippen molar-refractivity contribution in [3.05, 3.63) is 23.2 Å². The normalized spacial score (nSPS) is 26.3. The van der Waals surface area contributed by atoms with Crippen molar-refractivity contribution >= 4 is 11.9 Å². The molecule has 2 aliphatic rings. The lowest BCUT2D eigenvalue weighted by Crippen LogP contribution is -2.26. The number of nitrogens with one attached hydrogen (secondary N) is 1. The van der Waals surface area contributed by atoms with E-state index in [0.717, 1.165) is 24.2 Å². The average Bonchev–Trinajstić information content (AvgIpc) is 3.21. The van der Waals surface area contributed by atoms with E-state index in [9.17, 15) is 9.59 Å². The van der Waals surface area contributed by atoms with Gasteiger partial charge in [0.25, 0.3) is 5.91 Å². The fourth-order valence-electron chi connectivity index (χ4n) is 4.17. The van der Waals surface area contributed by atoms with Gasteiger partial charge in [0.2, 0.25) is 0 Å². The Hall–Kier alpha value is -1.78. The van der Waals surface area contributed by atoms with Crippen molar-refractivity contribution in [2.45, 2.75) is 45.4 Å². The minimum absolute atomic E-state index is 0.0840. The van der Waals surface area contributed by atoms with Crippen molar-refractivity contribution in [3.63, 3.8) is 0 Å². The van der Waals surface area contributed by atoms with Crippen molar-refractivity contribution in [2.75, 3.05) is 6.54 Å². The van der Waals surface area contributed by atoms with E-state index in [2.05, 4.69) is 5.32 Å². The van der Waals surface area contributed by atoms with Crippen molar-refractivity contribution in [1.82, 2.24) is 5.32 Å². The predicted molar refractivity (Wildman–Crippen MR) is 80.9 cm³/mol. The average molecular weight is 305 g/mol. The fourth-order valence-corrected chi connectivity index (χ4v) is 4.17. The highest BCUT2D eigenvalue weighted by atomic mass is 16.4. The third kappa shape index (κ3) is 2.89. The summed E-state index contributed by atoms with van der Waals surface area (Å²) >= 11 is 0. The second-order valence-corrected chi connectivity index (χ2v) is 6.59. The van der Waals surface area contributed by atoms with Gasteiger partial charge in [0.15, 0.2) is 5.76 Å². The Bertz CT molecular complexity index is 577. The maximum absolute atomic E-state index is 12.1. The zero-order valence-electron chi connectivity index (χ0n) is 12.9. The van der Waals surface area contributed by atoms with E-state index in [1.165, 1.54) is 31.7 Å².